The number of ether oxygens (including phenoxy) is 1. The predicted octanol–water partition coefficient (Wildman–Crippen LogP) is 3.75. The Kier molecular flexibility index (Phi) is 3.55. The normalized spacial score (nSPS) is 13.4. The SMILES string of the molecule is Cc1ccccc1CC(=O)c1ccc2c(c1)CCCO2. The molecule has 2 heteroatoms. The van der Waals surface area contributed by atoms with E-state index >= 15 is 0 Å². The van der Waals surface area contributed by atoms with Crippen molar-refractivity contribution < 1.29 is 9.53 Å². The quantitative estimate of drug-likeness (QED) is 0.791. The highest BCUT2D eigenvalue weighted by atomic mass is 16.5. The van der Waals surface area contributed by atoms with Crippen molar-refractivity contribution in [1.29, 1.82) is 0 Å². The molecule has 0 fully saturated rings. The van der Waals surface area contributed by atoms with Gasteiger partial charge in [-0.1, -0.05) is 24.3 Å². The van der Waals surface area contributed by atoms with E-state index in [2.05, 4.69) is 0 Å². The highest BCUT2D eigenvalue weighted by molar-refractivity contribution is 5.98. The van der Waals surface area contributed by atoms with Gasteiger partial charge in [0.15, 0.2) is 5.78 Å². The van der Waals surface area contributed by atoms with Crippen molar-refractivity contribution in [3.8, 4) is 5.75 Å². The van der Waals surface area contributed by atoms with E-state index in [4.69, 9.17) is 4.74 Å². The first-order valence-electron chi connectivity index (χ1n) is 7.07. The van der Waals surface area contributed by atoms with E-state index in [0.29, 0.717) is 6.42 Å². The second-order valence-corrected chi connectivity index (χ2v) is 5.30. The lowest BCUT2D eigenvalue weighted by Crippen LogP contribution is -2.11. The van der Waals surface area contributed by atoms with Gasteiger partial charge in [0.25, 0.3) is 0 Å². The van der Waals surface area contributed by atoms with Crippen LogP contribution in [-0.2, 0) is 12.8 Å². The summed E-state index contributed by atoms with van der Waals surface area (Å²) in [5.74, 6) is 1.11. The fourth-order valence-electron chi connectivity index (χ4n) is 2.62. The van der Waals surface area contributed by atoms with Crippen LogP contribution in [-0.4, -0.2) is 12.4 Å². The van der Waals surface area contributed by atoms with Crippen LogP contribution in [0.25, 0.3) is 0 Å². The predicted molar refractivity (Wildman–Crippen MR) is 79.5 cm³/mol. The van der Waals surface area contributed by atoms with Gasteiger partial charge in [0.2, 0.25) is 0 Å². The molecule has 0 aliphatic carbocycles. The highest BCUT2D eigenvalue weighted by Crippen LogP contribution is 2.26. The fourth-order valence-corrected chi connectivity index (χ4v) is 2.62. The van der Waals surface area contributed by atoms with Crippen LogP contribution in [0, 0.1) is 6.92 Å². The Morgan fingerprint density at radius 2 is 2.05 bits per heavy atom. The molecule has 2 nitrogen and oxygen atoms in total. The first kappa shape index (κ1) is 12.9. The Labute approximate surface area is 119 Å². The Morgan fingerprint density at radius 3 is 2.90 bits per heavy atom. The molecule has 0 radical (unpaired) electrons. The third kappa shape index (κ3) is 2.60. The van der Waals surface area contributed by atoms with Gasteiger partial charge in [0.1, 0.15) is 5.75 Å². The Balaban J connectivity index is 1.82. The number of carbonyl (C=O) groups excluding carboxylic acids is 1. The van der Waals surface area contributed by atoms with E-state index in [1.807, 2.05) is 49.4 Å². The third-order valence-electron chi connectivity index (χ3n) is 3.84. The minimum Gasteiger partial charge on any atom is -0.493 e. The average molecular weight is 266 g/mol. The van der Waals surface area contributed by atoms with E-state index < -0.39 is 0 Å². The maximum atomic E-state index is 12.4. The number of fused-ring (bicyclic) bond motifs is 1. The van der Waals surface area contributed by atoms with Crippen LogP contribution in [0.5, 0.6) is 5.75 Å². The van der Waals surface area contributed by atoms with Crippen molar-refractivity contribution in [2.75, 3.05) is 6.61 Å². The number of carbonyl (C=O) groups is 1. The van der Waals surface area contributed by atoms with Crippen LogP contribution in [0.4, 0.5) is 0 Å². The van der Waals surface area contributed by atoms with Crippen LogP contribution >= 0.6 is 0 Å². The molecule has 3 rings (SSSR count). The Morgan fingerprint density at radius 1 is 1.20 bits per heavy atom. The van der Waals surface area contributed by atoms with Gasteiger partial charge < -0.3 is 4.74 Å². The summed E-state index contributed by atoms with van der Waals surface area (Å²) >= 11 is 0. The van der Waals surface area contributed by atoms with Gasteiger partial charge in [-0.2, -0.15) is 0 Å². The van der Waals surface area contributed by atoms with E-state index in [-0.39, 0.29) is 5.78 Å². The van der Waals surface area contributed by atoms with Gasteiger partial charge in [-0.3, -0.25) is 4.79 Å². The molecule has 0 atom stereocenters. The van der Waals surface area contributed by atoms with Gasteiger partial charge >= 0.3 is 0 Å². The van der Waals surface area contributed by atoms with Crippen molar-refractivity contribution in [3.63, 3.8) is 0 Å². The summed E-state index contributed by atoms with van der Waals surface area (Å²) in [5.41, 5.74) is 4.22. The molecule has 20 heavy (non-hydrogen) atoms. The first-order chi connectivity index (χ1) is 9.74. The molecule has 0 saturated heterocycles. The number of hydrogen-bond donors (Lipinski definition) is 0. The molecule has 1 aliphatic rings. The number of aryl methyl sites for hydroxylation is 2. The standard InChI is InChI=1S/C18H18O2/c1-13-5-2-3-6-14(13)12-17(19)15-8-9-18-16(11-15)7-4-10-20-18/h2-3,5-6,8-9,11H,4,7,10,12H2,1H3. The number of rotatable bonds is 3. The van der Waals surface area contributed by atoms with Crippen molar-refractivity contribution in [1.82, 2.24) is 0 Å². The number of benzene rings is 2. The molecule has 0 amide bonds. The van der Waals surface area contributed by atoms with E-state index in [0.717, 1.165) is 41.9 Å². The topological polar surface area (TPSA) is 26.3 Å². The number of hydrogen-bond acceptors (Lipinski definition) is 2. The Bertz CT molecular complexity index is 644. The van der Waals surface area contributed by atoms with E-state index in [1.165, 1.54) is 5.56 Å². The lowest BCUT2D eigenvalue weighted by Gasteiger charge is -2.17. The lowest BCUT2D eigenvalue weighted by molar-refractivity contribution is 0.0992. The van der Waals surface area contributed by atoms with Gasteiger partial charge in [-0.25, -0.2) is 0 Å². The minimum atomic E-state index is 0.174. The molecule has 1 aliphatic heterocycles. The van der Waals surface area contributed by atoms with Crippen LogP contribution in [0.2, 0.25) is 0 Å². The summed E-state index contributed by atoms with van der Waals surface area (Å²) in [5, 5.41) is 0. The summed E-state index contributed by atoms with van der Waals surface area (Å²) in [7, 11) is 0. The molecule has 0 bridgehead atoms. The molecule has 0 N–H and O–H groups in total. The minimum absolute atomic E-state index is 0.174. The zero-order valence-corrected chi connectivity index (χ0v) is 11.7. The monoisotopic (exact) mass is 266 g/mol. The lowest BCUT2D eigenvalue weighted by atomic mass is 9.96. The molecule has 2 aromatic rings. The van der Waals surface area contributed by atoms with E-state index in [9.17, 15) is 4.79 Å². The van der Waals surface area contributed by atoms with Crippen LogP contribution in [0.3, 0.4) is 0 Å². The second-order valence-electron chi connectivity index (χ2n) is 5.30. The summed E-state index contributed by atoms with van der Waals surface area (Å²) < 4.78 is 5.58. The van der Waals surface area contributed by atoms with Crippen molar-refractivity contribution in [2.45, 2.75) is 26.2 Å². The van der Waals surface area contributed by atoms with Gasteiger partial charge in [0, 0.05) is 12.0 Å². The molecule has 0 aromatic heterocycles. The Hall–Kier alpha value is -2.09. The number of ketones is 1. The van der Waals surface area contributed by atoms with Crippen molar-refractivity contribution >= 4 is 5.78 Å². The molecule has 102 valence electrons. The maximum absolute atomic E-state index is 12.4. The van der Waals surface area contributed by atoms with Crippen molar-refractivity contribution in [3.05, 3.63) is 64.7 Å². The van der Waals surface area contributed by atoms with Gasteiger partial charge in [-0.05, 0) is 54.7 Å². The molecule has 0 spiro atoms. The second kappa shape index (κ2) is 5.49. The molecular formula is C18H18O2. The smallest absolute Gasteiger partial charge is 0.167 e. The zero-order valence-electron chi connectivity index (χ0n) is 11.7. The summed E-state index contributed by atoms with van der Waals surface area (Å²) in [6.07, 6.45) is 2.50. The van der Waals surface area contributed by atoms with E-state index in [1.54, 1.807) is 0 Å². The largest absolute Gasteiger partial charge is 0.493 e. The van der Waals surface area contributed by atoms with Crippen LogP contribution in [0.1, 0.15) is 33.5 Å². The molecule has 0 saturated carbocycles. The summed E-state index contributed by atoms with van der Waals surface area (Å²) in [4.78, 5) is 12.4. The average Bonchev–Trinajstić information content (AvgIpc) is 2.49. The molecule has 2 aromatic carbocycles. The van der Waals surface area contributed by atoms with Gasteiger partial charge in [-0.15, -0.1) is 0 Å². The van der Waals surface area contributed by atoms with Gasteiger partial charge in [0.05, 0.1) is 6.61 Å². The first-order valence-corrected chi connectivity index (χ1v) is 7.07. The highest BCUT2D eigenvalue weighted by Gasteiger charge is 2.14. The molecular weight excluding hydrogens is 248 g/mol. The number of Topliss-reactive ketones (excluding diaryl/α,β-unsaturated/α-hetero) is 1. The van der Waals surface area contributed by atoms with Crippen LogP contribution in [0.15, 0.2) is 42.5 Å². The van der Waals surface area contributed by atoms with Crippen LogP contribution < -0.4 is 4.74 Å². The van der Waals surface area contributed by atoms with Crippen molar-refractivity contribution in [2.24, 2.45) is 0 Å². The third-order valence-corrected chi connectivity index (χ3v) is 3.84. The maximum Gasteiger partial charge on any atom is 0.167 e. The molecule has 1 heterocycles. The zero-order chi connectivity index (χ0) is 13.9. The summed E-state index contributed by atoms with van der Waals surface area (Å²) in [6, 6.07) is 13.9. The summed E-state index contributed by atoms with van der Waals surface area (Å²) in [6.45, 7) is 2.83. The molecule has 0 unspecified atom stereocenters. The fraction of sp³-hybridized carbons (Fsp3) is 0.278.